The third-order valence-electron chi connectivity index (χ3n) is 3.12. The minimum absolute atomic E-state index is 0.0683. The van der Waals surface area contributed by atoms with Gasteiger partial charge in [-0.25, -0.2) is 13.1 Å². The van der Waals surface area contributed by atoms with Crippen LogP contribution in [0.25, 0.3) is 0 Å². The Morgan fingerprint density at radius 2 is 2.14 bits per heavy atom. The van der Waals surface area contributed by atoms with Crippen LogP contribution in [0.15, 0.2) is 21.7 Å². The quantitative estimate of drug-likeness (QED) is 0.878. The van der Waals surface area contributed by atoms with Crippen molar-refractivity contribution in [3.05, 3.63) is 29.4 Å². The maximum Gasteiger partial charge on any atom is 0.244 e. The lowest BCUT2D eigenvalue weighted by molar-refractivity contribution is 0.372. The van der Waals surface area contributed by atoms with Crippen LogP contribution >= 0.6 is 0 Å². The van der Waals surface area contributed by atoms with Gasteiger partial charge in [0, 0.05) is 18.8 Å². The summed E-state index contributed by atoms with van der Waals surface area (Å²) in [6, 6.07) is 1.76. The van der Waals surface area contributed by atoms with Gasteiger partial charge in [0.25, 0.3) is 0 Å². The summed E-state index contributed by atoms with van der Waals surface area (Å²) in [6.07, 6.45) is 1.53. The average molecular weight is 312 g/mol. The lowest BCUT2D eigenvalue weighted by Gasteiger charge is -2.02. The lowest BCUT2D eigenvalue weighted by atomic mass is 10.1. The first-order valence-electron chi connectivity index (χ1n) is 6.82. The smallest absolute Gasteiger partial charge is 0.244 e. The Kier molecular flexibility index (Phi) is 4.48. The van der Waals surface area contributed by atoms with Gasteiger partial charge in [-0.2, -0.15) is 5.10 Å². The molecule has 0 saturated carbocycles. The Labute approximate surface area is 124 Å². The van der Waals surface area contributed by atoms with Crippen molar-refractivity contribution < 1.29 is 12.9 Å². The highest BCUT2D eigenvalue weighted by atomic mass is 32.2. The van der Waals surface area contributed by atoms with Crippen molar-refractivity contribution in [2.24, 2.45) is 0 Å². The molecule has 0 aliphatic rings. The van der Waals surface area contributed by atoms with Crippen LogP contribution in [0.2, 0.25) is 0 Å². The SMILES string of the molecule is CCn1cc(S(=O)(=O)NCc2cc(C(C)C)no2)c(C)n1. The highest BCUT2D eigenvalue weighted by Crippen LogP contribution is 2.16. The first kappa shape index (κ1) is 15.7. The van der Waals surface area contributed by atoms with Gasteiger partial charge >= 0.3 is 0 Å². The van der Waals surface area contributed by atoms with Gasteiger partial charge in [-0.15, -0.1) is 0 Å². The molecule has 2 aromatic heterocycles. The fourth-order valence-corrected chi connectivity index (χ4v) is 3.03. The van der Waals surface area contributed by atoms with E-state index in [0.29, 0.717) is 18.0 Å². The van der Waals surface area contributed by atoms with E-state index in [-0.39, 0.29) is 17.4 Å². The third kappa shape index (κ3) is 3.51. The topological polar surface area (TPSA) is 90.0 Å². The summed E-state index contributed by atoms with van der Waals surface area (Å²) in [5.41, 5.74) is 1.28. The molecule has 0 radical (unpaired) electrons. The Morgan fingerprint density at radius 1 is 1.43 bits per heavy atom. The molecule has 0 aliphatic heterocycles. The number of hydrogen-bond acceptors (Lipinski definition) is 5. The average Bonchev–Trinajstić information content (AvgIpc) is 3.03. The monoisotopic (exact) mass is 312 g/mol. The minimum atomic E-state index is -3.61. The molecule has 1 N–H and O–H groups in total. The highest BCUT2D eigenvalue weighted by Gasteiger charge is 2.20. The fourth-order valence-electron chi connectivity index (χ4n) is 1.85. The van der Waals surface area contributed by atoms with Crippen molar-refractivity contribution in [2.75, 3.05) is 0 Å². The summed E-state index contributed by atoms with van der Waals surface area (Å²) in [6.45, 7) is 8.25. The molecule has 0 aromatic carbocycles. The van der Waals surface area contributed by atoms with Gasteiger partial charge in [-0.05, 0) is 19.8 Å². The molecule has 0 aliphatic carbocycles. The van der Waals surface area contributed by atoms with Crippen LogP contribution in [0.5, 0.6) is 0 Å². The van der Waals surface area contributed by atoms with E-state index in [4.69, 9.17) is 4.52 Å². The molecule has 0 amide bonds. The van der Waals surface area contributed by atoms with Crippen LogP contribution in [0.1, 0.15) is 43.8 Å². The number of nitrogens with one attached hydrogen (secondary N) is 1. The predicted octanol–water partition coefficient (Wildman–Crippen LogP) is 1.80. The van der Waals surface area contributed by atoms with Gasteiger partial charge in [-0.1, -0.05) is 19.0 Å². The number of aryl methyl sites for hydroxylation is 2. The van der Waals surface area contributed by atoms with Gasteiger partial charge in [-0.3, -0.25) is 4.68 Å². The van der Waals surface area contributed by atoms with E-state index in [1.807, 2.05) is 20.8 Å². The summed E-state index contributed by atoms with van der Waals surface area (Å²) in [4.78, 5) is 0.188. The van der Waals surface area contributed by atoms with Crippen molar-refractivity contribution in [3.8, 4) is 0 Å². The number of rotatable bonds is 6. The van der Waals surface area contributed by atoms with Gasteiger partial charge in [0.1, 0.15) is 4.90 Å². The second-order valence-corrected chi connectivity index (χ2v) is 6.87. The molecular weight excluding hydrogens is 292 g/mol. The molecule has 0 bridgehead atoms. The Bertz CT molecular complexity index is 716. The van der Waals surface area contributed by atoms with Crippen molar-refractivity contribution in [3.63, 3.8) is 0 Å². The molecule has 2 aromatic rings. The number of sulfonamides is 1. The van der Waals surface area contributed by atoms with Crippen LogP contribution < -0.4 is 4.72 Å². The zero-order valence-electron chi connectivity index (χ0n) is 12.6. The van der Waals surface area contributed by atoms with Gasteiger partial charge < -0.3 is 4.52 Å². The molecule has 0 spiro atoms. The van der Waals surface area contributed by atoms with Gasteiger partial charge in [0.2, 0.25) is 10.0 Å². The van der Waals surface area contributed by atoms with Gasteiger partial charge in [0.15, 0.2) is 5.76 Å². The van der Waals surface area contributed by atoms with Crippen LogP contribution in [0, 0.1) is 6.92 Å². The summed E-state index contributed by atoms with van der Waals surface area (Å²) in [5.74, 6) is 0.729. The van der Waals surface area contributed by atoms with Crippen molar-refractivity contribution >= 4 is 10.0 Å². The molecule has 0 atom stereocenters. The minimum Gasteiger partial charge on any atom is -0.360 e. The standard InChI is InChI=1S/C13H20N4O3S/c1-5-17-8-13(10(4)15-17)21(18,19)14-7-11-6-12(9(2)3)16-20-11/h6,8-9,14H,5,7H2,1-4H3. The first-order valence-corrected chi connectivity index (χ1v) is 8.31. The van der Waals surface area contributed by atoms with Crippen LogP contribution in [0.4, 0.5) is 0 Å². The normalized spacial score (nSPS) is 12.2. The van der Waals surface area contributed by atoms with E-state index < -0.39 is 10.0 Å². The first-order chi connectivity index (χ1) is 9.83. The van der Waals surface area contributed by atoms with Gasteiger partial charge in [0.05, 0.1) is 17.9 Å². The maximum atomic E-state index is 12.3. The zero-order chi connectivity index (χ0) is 15.6. The van der Waals surface area contributed by atoms with E-state index >= 15 is 0 Å². The van der Waals surface area contributed by atoms with Crippen molar-refractivity contribution in [1.29, 1.82) is 0 Å². The summed E-state index contributed by atoms with van der Waals surface area (Å²) in [5, 5.41) is 8.04. The molecule has 21 heavy (non-hydrogen) atoms. The lowest BCUT2D eigenvalue weighted by Crippen LogP contribution is -2.23. The molecule has 8 heteroatoms. The maximum absolute atomic E-state index is 12.3. The summed E-state index contributed by atoms with van der Waals surface area (Å²) < 4.78 is 33.8. The Hall–Kier alpha value is -1.67. The summed E-state index contributed by atoms with van der Waals surface area (Å²) >= 11 is 0. The molecule has 7 nitrogen and oxygen atoms in total. The molecular formula is C13H20N4O3S. The number of nitrogens with zero attached hydrogens (tertiary/aromatic N) is 3. The second-order valence-electron chi connectivity index (χ2n) is 5.13. The summed E-state index contributed by atoms with van der Waals surface area (Å²) in [7, 11) is -3.61. The molecule has 2 heterocycles. The van der Waals surface area contributed by atoms with E-state index in [0.717, 1.165) is 5.69 Å². The number of aromatic nitrogens is 3. The predicted molar refractivity (Wildman–Crippen MR) is 77.3 cm³/mol. The van der Waals surface area contributed by atoms with Crippen LogP contribution in [-0.4, -0.2) is 23.4 Å². The molecule has 2 rings (SSSR count). The second kappa shape index (κ2) is 5.98. The van der Waals surface area contributed by atoms with Crippen molar-refractivity contribution in [1.82, 2.24) is 19.7 Å². The van der Waals surface area contributed by atoms with E-state index in [2.05, 4.69) is 15.0 Å². The van der Waals surface area contributed by atoms with E-state index in [1.54, 1.807) is 17.7 Å². The van der Waals surface area contributed by atoms with Crippen LogP contribution in [0.3, 0.4) is 0 Å². The van der Waals surface area contributed by atoms with Crippen LogP contribution in [-0.2, 0) is 23.1 Å². The Balaban J connectivity index is 2.11. The fraction of sp³-hybridized carbons (Fsp3) is 0.538. The molecule has 116 valence electrons. The van der Waals surface area contributed by atoms with E-state index in [9.17, 15) is 8.42 Å². The van der Waals surface area contributed by atoms with E-state index in [1.165, 1.54) is 6.20 Å². The largest absolute Gasteiger partial charge is 0.360 e. The highest BCUT2D eigenvalue weighted by molar-refractivity contribution is 7.89. The Morgan fingerprint density at radius 3 is 2.67 bits per heavy atom. The number of hydrogen-bond donors (Lipinski definition) is 1. The molecule has 0 unspecified atom stereocenters. The zero-order valence-corrected chi connectivity index (χ0v) is 13.4. The van der Waals surface area contributed by atoms with Crippen molar-refractivity contribution in [2.45, 2.75) is 51.6 Å². The molecule has 0 saturated heterocycles. The molecule has 0 fully saturated rings. The third-order valence-corrected chi connectivity index (χ3v) is 4.62.